The highest BCUT2D eigenvalue weighted by Gasteiger charge is 2.47. The molecule has 4 saturated heterocycles. The number of hydrogen-bond donors (Lipinski definition) is 5. The fourth-order valence-electron chi connectivity index (χ4n) is 13.2. The number of aryl methyl sites for hydroxylation is 1. The highest BCUT2D eigenvalue weighted by atomic mass is 16.6. The van der Waals surface area contributed by atoms with Gasteiger partial charge in [0, 0.05) is 53.4 Å². The Labute approximate surface area is 560 Å². The first-order chi connectivity index (χ1) is 45.1. The predicted molar refractivity (Wildman–Crippen MR) is 354 cm³/mol. The number of anilines is 1. The van der Waals surface area contributed by atoms with E-state index in [-0.39, 0.29) is 71.8 Å². The van der Waals surface area contributed by atoms with Crippen molar-refractivity contribution in [2.75, 3.05) is 66.2 Å². The maximum atomic E-state index is 15.8. The van der Waals surface area contributed by atoms with Crippen molar-refractivity contribution in [1.82, 2.24) is 55.7 Å². The molecule has 0 saturated carbocycles. The van der Waals surface area contributed by atoms with E-state index in [1.54, 1.807) is 62.3 Å². The van der Waals surface area contributed by atoms with Gasteiger partial charge in [-0.15, -0.1) is 0 Å². The number of nitrogens with zero attached hydrogens (tertiary/aromatic N) is 7. The number of cyclic esters (lactones) is 2. The summed E-state index contributed by atoms with van der Waals surface area (Å²) in [7, 11) is 5.64. The van der Waals surface area contributed by atoms with Crippen LogP contribution in [-0.2, 0) is 57.4 Å². The Balaban J connectivity index is 1.38. The number of carbonyl (C=O) groups excluding carboxylic acids is 12. The maximum absolute atomic E-state index is 15.8. The van der Waals surface area contributed by atoms with Crippen LogP contribution in [0.1, 0.15) is 159 Å². The lowest BCUT2D eigenvalue weighted by atomic mass is 9.97. The topological polar surface area (TPSA) is 346 Å². The maximum Gasteiger partial charge on any atom is 0.329 e. The molecular weight excluding hydrogens is 1240 g/mol. The van der Waals surface area contributed by atoms with E-state index in [2.05, 4.69) is 26.6 Å². The number of rotatable bonds is 14. The zero-order valence-electron chi connectivity index (χ0n) is 58.6. The molecule has 10 atom stereocenters. The van der Waals surface area contributed by atoms with Crippen molar-refractivity contribution in [1.29, 1.82) is 0 Å². The minimum atomic E-state index is -1.86. The molecule has 28 heteroatoms. The Kier molecular flexibility index (Phi) is 24.5. The SMILES string of the molecule is CCCCCCNc1c(C(=O)N[C@H]2C(=O)N[C@@H](C(C)C)C(=O)N3CCC[C@H]3C(=O)N(C)CC(=O)N(C)[C@H](C(C)C)C(=O)O[C@H]2C)c2nc3c(C(=O)N[C@@H]4C(=O)N[C@H](C(C)C)C(=O)N5CCC[C@@H]5C(=O)N(C)CC(=O)N(C)[C@@H](C(C)C)C(=O)O[C@@H]4C)ccc(C)c3oc-2c(C)c1=O. The van der Waals surface area contributed by atoms with E-state index in [9.17, 15) is 43.2 Å². The average molecular weight is 1340 g/mol. The summed E-state index contributed by atoms with van der Waals surface area (Å²) in [4.78, 5) is 203. The van der Waals surface area contributed by atoms with Gasteiger partial charge in [0.1, 0.15) is 71.8 Å². The van der Waals surface area contributed by atoms with Crippen LogP contribution in [0.4, 0.5) is 5.69 Å². The molecule has 96 heavy (non-hydrogen) atoms. The van der Waals surface area contributed by atoms with E-state index >= 15 is 19.2 Å². The van der Waals surface area contributed by atoms with Crippen molar-refractivity contribution >= 4 is 87.8 Å². The molecule has 0 bridgehead atoms. The number of nitrogens with one attached hydrogen (secondary N) is 5. The van der Waals surface area contributed by atoms with Crippen molar-refractivity contribution in [3.63, 3.8) is 0 Å². The number of hydrogen-bond acceptors (Lipinski definition) is 18. The fraction of sp³-hybridized carbons (Fsp3) is 0.647. The van der Waals surface area contributed by atoms with Gasteiger partial charge >= 0.3 is 11.9 Å². The molecule has 0 spiro atoms. The number of amides is 10. The summed E-state index contributed by atoms with van der Waals surface area (Å²) in [6, 6.07) is -7.76. The number of fused-ring (bicyclic) bond motifs is 4. The number of carbonyl (C=O) groups is 12. The van der Waals surface area contributed by atoms with Crippen molar-refractivity contribution in [3.05, 3.63) is 44.6 Å². The van der Waals surface area contributed by atoms with Gasteiger partial charge in [0.05, 0.1) is 29.9 Å². The standard InChI is InChI=1S/C68H98N12O16/c1-18-19-20-21-28-69-52-46(60(85)74-50-40(13)95-68(93)55(36(8)9)78(17)45(82)32-76(15)64(89)43-25-23-30-80(43)66(91)48(34(4)5)72-62(50)87)53-58(38(11)56(52)83)96-57-37(10)26-27-41(51(57)70-53)59(84)73-49-39(12)94-67(92)54(35(6)7)77(16)44(81)31-75(14)63(88)42-24-22-29-79(42)65(90)47(33(2)3)71-61(49)86/h26-27,33-36,39-40,42-43,47-50,54-55,69H,18-25,28-32H2,1-17H3,(H,71,86)(H,72,87)(H,73,84)(H,74,85)/t39-,40+,42-,43+,47-,48+,49+,50-,54+,55-/m1/s1. The molecule has 6 aliphatic rings. The van der Waals surface area contributed by atoms with Crippen LogP contribution in [0.2, 0.25) is 0 Å². The second-order valence-electron chi connectivity index (χ2n) is 27.5. The minimum absolute atomic E-state index is 0.0103. The number of benzene rings is 2. The van der Waals surface area contributed by atoms with E-state index in [4.69, 9.17) is 18.9 Å². The summed E-state index contributed by atoms with van der Waals surface area (Å²) >= 11 is 0. The van der Waals surface area contributed by atoms with Gasteiger partial charge < -0.3 is 69.9 Å². The third kappa shape index (κ3) is 15.9. The highest BCUT2D eigenvalue weighted by molar-refractivity contribution is 6.11. The first kappa shape index (κ1) is 74.7. The van der Waals surface area contributed by atoms with Gasteiger partial charge in [-0.1, -0.05) is 87.6 Å². The van der Waals surface area contributed by atoms with Crippen LogP contribution in [-0.4, -0.2) is 227 Å². The van der Waals surface area contributed by atoms with E-state index in [0.717, 1.165) is 29.1 Å². The van der Waals surface area contributed by atoms with Crippen molar-refractivity contribution < 1.29 is 71.4 Å². The van der Waals surface area contributed by atoms with Gasteiger partial charge in [0.2, 0.25) is 52.7 Å². The van der Waals surface area contributed by atoms with Crippen LogP contribution in [0.15, 0.2) is 21.3 Å². The number of ether oxygens (including phenoxy) is 2. The second kappa shape index (κ2) is 31.4. The molecule has 10 amide bonds. The van der Waals surface area contributed by atoms with Crippen LogP contribution in [0.3, 0.4) is 0 Å². The molecule has 5 aliphatic heterocycles. The third-order valence-corrected chi connectivity index (χ3v) is 18.8. The lowest BCUT2D eigenvalue weighted by molar-refractivity contribution is -0.163. The molecule has 1 aromatic carbocycles. The van der Waals surface area contributed by atoms with E-state index in [1.165, 1.54) is 80.7 Å². The molecule has 1 aliphatic carbocycles. The molecular formula is C68H98N12O16. The number of esters is 2. The molecule has 526 valence electrons. The average Bonchev–Trinajstić information content (AvgIpc) is 0.883. The Morgan fingerprint density at radius 2 is 1.07 bits per heavy atom. The molecule has 0 unspecified atom stereocenters. The Bertz CT molecular complexity index is 3530. The quantitative estimate of drug-likeness (QED) is 0.0879. The lowest BCUT2D eigenvalue weighted by Crippen LogP contribution is -2.61. The first-order valence-corrected chi connectivity index (χ1v) is 33.5. The zero-order valence-corrected chi connectivity index (χ0v) is 58.6. The van der Waals surface area contributed by atoms with Crippen molar-refractivity contribution in [2.45, 2.75) is 202 Å². The van der Waals surface area contributed by atoms with E-state index in [0.29, 0.717) is 24.8 Å². The summed E-state index contributed by atoms with van der Waals surface area (Å²) in [6.45, 7) is 20.9. The molecule has 5 N–H and O–H groups in total. The van der Waals surface area contributed by atoms with Gasteiger partial charge in [-0.05, 0) is 95.1 Å². The van der Waals surface area contributed by atoms with Crippen LogP contribution in [0.25, 0.3) is 22.6 Å². The number of aromatic nitrogens is 1. The first-order valence-electron chi connectivity index (χ1n) is 33.5. The monoisotopic (exact) mass is 1340 g/mol. The Hall–Kier alpha value is -8.72. The largest absolute Gasteiger partial charge is 0.458 e. The van der Waals surface area contributed by atoms with Crippen LogP contribution < -0.4 is 32.0 Å². The van der Waals surface area contributed by atoms with E-state index in [1.807, 2.05) is 6.92 Å². The Morgan fingerprint density at radius 3 is 1.51 bits per heavy atom. The summed E-state index contributed by atoms with van der Waals surface area (Å²) in [5, 5.41) is 14.1. The fourth-order valence-corrected chi connectivity index (χ4v) is 13.2. The summed E-state index contributed by atoms with van der Waals surface area (Å²) < 4.78 is 18.7. The summed E-state index contributed by atoms with van der Waals surface area (Å²) in [5.41, 5.74) is -1.82. The van der Waals surface area contributed by atoms with Gasteiger partial charge in [-0.25, -0.2) is 14.6 Å². The molecule has 28 nitrogen and oxygen atoms in total. The van der Waals surface area contributed by atoms with E-state index < -0.39 is 179 Å². The summed E-state index contributed by atoms with van der Waals surface area (Å²) in [5.74, 6) is -12.0. The summed E-state index contributed by atoms with van der Waals surface area (Å²) in [6.07, 6.45) is 1.40. The predicted octanol–water partition coefficient (Wildman–Crippen LogP) is 3.14. The van der Waals surface area contributed by atoms with Crippen LogP contribution in [0, 0.1) is 37.5 Å². The normalized spacial score (nSPS) is 25.3. The Morgan fingerprint density at radius 1 is 0.615 bits per heavy atom. The molecule has 7 rings (SSSR count). The highest BCUT2D eigenvalue weighted by Crippen LogP contribution is 2.36. The number of unbranched alkanes of at least 4 members (excludes halogenated alkanes) is 3. The minimum Gasteiger partial charge on any atom is -0.458 e. The van der Waals surface area contributed by atoms with Gasteiger partial charge in [0.15, 0.2) is 11.3 Å². The lowest BCUT2D eigenvalue weighted by Gasteiger charge is -2.36. The van der Waals surface area contributed by atoms with Gasteiger partial charge in [-0.3, -0.25) is 52.7 Å². The van der Waals surface area contributed by atoms with Crippen LogP contribution in [0.5, 0.6) is 0 Å². The van der Waals surface area contributed by atoms with Crippen molar-refractivity contribution in [3.8, 4) is 11.5 Å². The molecule has 5 heterocycles. The smallest absolute Gasteiger partial charge is 0.329 e. The van der Waals surface area contributed by atoms with Gasteiger partial charge in [-0.2, -0.15) is 0 Å². The van der Waals surface area contributed by atoms with Gasteiger partial charge in [0.25, 0.3) is 11.8 Å². The zero-order chi connectivity index (χ0) is 71.2. The van der Waals surface area contributed by atoms with Crippen molar-refractivity contribution in [2.24, 2.45) is 23.7 Å². The molecule has 1 aromatic rings. The molecule has 4 fully saturated rings. The molecule has 0 aromatic heterocycles. The number of likely N-dealkylation sites (N-methyl/N-ethyl adjacent to an activating group) is 4. The second-order valence-corrected chi connectivity index (χ2v) is 27.5. The molecule has 0 radical (unpaired) electrons. The van der Waals surface area contributed by atoms with Crippen LogP contribution >= 0.6 is 0 Å². The third-order valence-electron chi connectivity index (χ3n) is 18.8.